The molecule has 0 saturated carbocycles. The first kappa shape index (κ1) is 31.7. The molecule has 0 spiro atoms. The van der Waals surface area contributed by atoms with Gasteiger partial charge in [0.05, 0.1) is 23.9 Å². The van der Waals surface area contributed by atoms with Crippen LogP contribution in [0.4, 0.5) is 5.13 Å². The van der Waals surface area contributed by atoms with Crippen molar-refractivity contribution < 1.29 is 29.0 Å². The van der Waals surface area contributed by atoms with Crippen molar-refractivity contribution in [1.82, 2.24) is 4.98 Å². The number of hydrogen-bond acceptors (Lipinski definition) is 8. The van der Waals surface area contributed by atoms with Crippen LogP contribution in [0.2, 0.25) is 0 Å². The molecule has 4 aromatic rings. The topological polar surface area (TPSA) is 106 Å². The van der Waals surface area contributed by atoms with Crippen molar-refractivity contribution in [3.05, 3.63) is 117 Å². The lowest BCUT2D eigenvalue weighted by atomic mass is 9.85. The Morgan fingerprint density at radius 3 is 2.31 bits per heavy atom. The highest BCUT2D eigenvalue weighted by Gasteiger charge is 2.48. The van der Waals surface area contributed by atoms with Crippen molar-refractivity contribution >= 4 is 39.9 Å². The van der Waals surface area contributed by atoms with E-state index >= 15 is 0 Å². The smallest absolute Gasteiger partial charge is 0.350 e. The van der Waals surface area contributed by atoms with Crippen LogP contribution in [0.1, 0.15) is 76.9 Å². The number of benzene rings is 3. The Morgan fingerprint density at radius 2 is 1.69 bits per heavy atom. The molecule has 1 aliphatic rings. The zero-order valence-corrected chi connectivity index (χ0v) is 27.0. The summed E-state index contributed by atoms with van der Waals surface area (Å²) in [6, 6.07) is 21.6. The number of anilines is 1. The predicted molar refractivity (Wildman–Crippen MR) is 175 cm³/mol. The maximum Gasteiger partial charge on any atom is 0.350 e. The van der Waals surface area contributed by atoms with Gasteiger partial charge in [-0.25, -0.2) is 9.78 Å². The van der Waals surface area contributed by atoms with Gasteiger partial charge in [-0.05, 0) is 66.6 Å². The van der Waals surface area contributed by atoms with Gasteiger partial charge in [0.1, 0.15) is 23.0 Å². The highest BCUT2D eigenvalue weighted by Crippen LogP contribution is 2.44. The Labute approximate surface area is 267 Å². The molecule has 5 rings (SSSR count). The van der Waals surface area contributed by atoms with Gasteiger partial charge in [0.15, 0.2) is 5.13 Å². The normalized spacial score (nSPS) is 16.2. The maximum atomic E-state index is 13.7. The average Bonchev–Trinajstić information content (AvgIpc) is 3.52. The number of thiazole rings is 1. The molecule has 0 aliphatic carbocycles. The quantitative estimate of drug-likeness (QED) is 0.0940. The molecule has 1 unspecified atom stereocenters. The van der Waals surface area contributed by atoms with Gasteiger partial charge in [-0.1, -0.05) is 86.7 Å². The van der Waals surface area contributed by atoms with Crippen molar-refractivity contribution in [1.29, 1.82) is 0 Å². The van der Waals surface area contributed by atoms with Gasteiger partial charge >= 0.3 is 11.9 Å². The molecule has 1 aliphatic heterocycles. The minimum absolute atomic E-state index is 0.0635. The summed E-state index contributed by atoms with van der Waals surface area (Å²) in [7, 11) is 0. The van der Waals surface area contributed by atoms with E-state index in [2.05, 4.69) is 25.8 Å². The first-order valence-electron chi connectivity index (χ1n) is 14.7. The van der Waals surface area contributed by atoms with Gasteiger partial charge < -0.3 is 14.6 Å². The van der Waals surface area contributed by atoms with Crippen LogP contribution < -0.4 is 9.64 Å². The number of nitrogens with zero attached hydrogens (tertiary/aromatic N) is 2. The third-order valence-electron chi connectivity index (χ3n) is 7.67. The molecule has 3 aromatic carbocycles. The molecule has 1 fully saturated rings. The molecule has 9 heteroatoms. The van der Waals surface area contributed by atoms with Crippen LogP contribution in [-0.2, 0) is 26.3 Å². The van der Waals surface area contributed by atoms with Gasteiger partial charge in [-0.15, -0.1) is 0 Å². The summed E-state index contributed by atoms with van der Waals surface area (Å²) in [6.07, 6.45) is 0. The molecule has 1 atom stereocenters. The second-order valence-electron chi connectivity index (χ2n) is 11.9. The fourth-order valence-electron chi connectivity index (χ4n) is 5.23. The van der Waals surface area contributed by atoms with E-state index in [-0.39, 0.29) is 33.4 Å². The van der Waals surface area contributed by atoms with Crippen molar-refractivity contribution in [3.63, 3.8) is 0 Å². The van der Waals surface area contributed by atoms with Gasteiger partial charge in [0, 0.05) is 5.56 Å². The van der Waals surface area contributed by atoms with Crippen LogP contribution in [0.25, 0.3) is 5.76 Å². The number of aliphatic hydroxyl groups is 1. The first-order valence-corrected chi connectivity index (χ1v) is 15.6. The SMILES string of the molecule is CCOC(=O)c1sc(N2C(=O)C(=O)/C(=C(/O)c3ccc(OCc4ccccc4)c(C)c3)C2c2ccc(C(C)(C)C)cc2)nc1C. The monoisotopic (exact) mass is 624 g/mol. The van der Waals surface area contributed by atoms with E-state index < -0.39 is 23.7 Å². The summed E-state index contributed by atoms with van der Waals surface area (Å²) in [6.45, 7) is 12.1. The van der Waals surface area contributed by atoms with E-state index in [0.29, 0.717) is 29.2 Å². The number of carbonyl (C=O) groups is 3. The fraction of sp³-hybridized carbons (Fsp3) is 0.278. The van der Waals surface area contributed by atoms with Gasteiger partial charge in [-0.2, -0.15) is 0 Å². The predicted octanol–water partition coefficient (Wildman–Crippen LogP) is 7.44. The maximum absolute atomic E-state index is 13.7. The summed E-state index contributed by atoms with van der Waals surface area (Å²) < 4.78 is 11.2. The van der Waals surface area contributed by atoms with Crippen LogP contribution in [0, 0.1) is 13.8 Å². The standard InChI is InChI=1S/C36H36N2O6S/c1-7-43-34(42)32-22(3)37-35(45-32)38-29(24-13-16-26(17-14-24)36(4,5)6)28(31(40)33(38)41)30(39)25-15-18-27(21(2)19-25)44-20-23-11-9-8-10-12-23/h8-19,29,39H,7,20H2,1-6H3/b30-28+. The van der Waals surface area contributed by atoms with Gasteiger partial charge in [-0.3, -0.25) is 14.5 Å². The number of rotatable bonds is 8. The highest BCUT2D eigenvalue weighted by molar-refractivity contribution is 7.17. The van der Waals surface area contributed by atoms with Crippen molar-refractivity contribution in [2.75, 3.05) is 11.5 Å². The summed E-state index contributed by atoms with van der Waals surface area (Å²) in [5.41, 5.74) is 4.04. The number of esters is 1. The summed E-state index contributed by atoms with van der Waals surface area (Å²) in [5.74, 6) is -1.91. The molecule has 45 heavy (non-hydrogen) atoms. The largest absolute Gasteiger partial charge is 0.507 e. The minimum atomic E-state index is -0.978. The van der Waals surface area contributed by atoms with E-state index in [0.717, 1.165) is 28.0 Å². The number of carbonyl (C=O) groups excluding carboxylic acids is 3. The van der Waals surface area contributed by atoms with Crippen molar-refractivity contribution in [2.24, 2.45) is 0 Å². The number of amides is 1. The Balaban J connectivity index is 1.59. The van der Waals surface area contributed by atoms with E-state index in [1.165, 1.54) is 4.90 Å². The zero-order valence-electron chi connectivity index (χ0n) is 26.2. The molecule has 232 valence electrons. The van der Waals surface area contributed by atoms with Crippen LogP contribution in [0.15, 0.2) is 78.4 Å². The number of Topliss-reactive ketones (excluding diaryl/α,β-unsaturated/α-hetero) is 1. The summed E-state index contributed by atoms with van der Waals surface area (Å²) in [4.78, 5) is 46.0. The third kappa shape index (κ3) is 6.40. The molecular formula is C36H36N2O6S. The van der Waals surface area contributed by atoms with Gasteiger partial charge in [0.25, 0.3) is 5.78 Å². The first-order chi connectivity index (χ1) is 21.4. The fourth-order valence-corrected chi connectivity index (χ4v) is 6.22. The molecule has 1 N–H and O–H groups in total. The molecule has 1 amide bonds. The summed E-state index contributed by atoms with van der Waals surface area (Å²) in [5, 5.41) is 11.8. The Hall–Kier alpha value is -4.76. The second-order valence-corrected chi connectivity index (χ2v) is 12.9. The van der Waals surface area contributed by atoms with E-state index in [1.807, 2.05) is 61.5 Å². The van der Waals surface area contributed by atoms with Gasteiger partial charge in [0.2, 0.25) is 0 Å². The van der Waals surface area contributed by atoms with Crippen LogP contribution in [0.3, 0.4) is 0 Å². The lowest BCUT2D eigenvalue weighted by molar-refractivity contribution is -0.132. The molecule has 1 saturated heterocycles. The number of ketones is 1. The van der Waals surface area contributed by atoms with Crippen LogP contribution >= 0.6 is 11.3 Å². The molecule has 1 aromatic heterocycles. The number of aliphatic hydroxyl groups excluding tert-OH is 1. The number of ether oxygens (including phenoxy) is 2. The molecule has 8 nitrogen and oxygen atoms in total. The van der Waals surface area contributed by atoms with E-state index in [1.54, 1.807) is 32.0 Å². The lowest BCUT2D eigenvalue weighted by Crippen LogP contribution is -2.29. The minimum Gasteiger partial charge on any atom is -0.507 e. The Kier molecular flexibility index (Phi) is 8.93. The van der Waals surface area contributed by atoms with E-state index in [9.17, 15) is 19.5 Å². The number of aryl methyl sites for hydroxylation is 2. The molecule has 0 radical (unpaired) electrons. The second kappa shape index (κ2) is 12.7. The number of hydrogen-bond donors (Lipinski definition) is 1. The van der Waals surface area contributed by atoms with Crippen molar-refractivity contribution in [2.45, 2.75) is 59.6 Å². The number of aromatic nitrogens is 1. The lowest BCUT2D eigenvalue weighted by Gasteiger charge is -2.25. The molecule has 0 bridgehead atoms. The molecule has 2 heterocycles. The Morgan fingerprint density at radius 1 is 1.00 bits per heavy atom. The Bertz CT molecular complexity index is 1780. The third-order valence-corrected chi connectivity index (χ3v) is 8.81. The van der Waals surface area contributed by atoms with Crippen LogP contribution in [0.5, 0.6) is 5.75 Å². The summed E-state index contributed by atoms with van der Waals surface area (Å²) >= 11 is 0.980. The molecular weight excluding hydrogens is 588 g/mol. The van der Waals surface area contributed by atoms with Crippen molar-refractivity contribution in [3.8, 4) is 5.75 Å². The van der Waals surface area contributed by atoms with E-state index in [4.69, 9.17) is 9.47 Å². The zero-order chi connectivity index (χ0) is 32.5. The highest BCUT2D eigenvalue weighted by atomic mass is 32.1. The van der Waals surface area contributed by atoms with Crippen LogP contribution in [-0.4, -0.2) is 34.4 Å². The average molecular weight is 625 g/mol.